The number of hydrogen-bond acceptors (Lipinski definition) is 6. The minimum atomic E-state index is -0.838. The maximum absolute atomic E-state index is 11.1. The van der Waals surface area contributed by atoms with Gasteiger partial charge in [-0.3, -0.25) is 4.79 Å². The maximum Gasteiger partial charge on any atom is 0.306 e. The molecule has 208 valence electrons. The summed E-state index contributed by atoms with van der Waals surface area (Å²) in [6, 6.07) is 13.3. The van der Waals surface area contributed by atoms with E-state index in [0.29, 0.717) is 34.6 Å². The zero-order chi connectivity index (χ0) is 27.9. The molecule has 0 amide bonds. The summed E-state index contributed by atoms with van der Waals surface area (Å²) >= 11 is 13.2. The molecule has 1 saturated heterocycles. The Labute approximate surface area is 242 Å². The van der Waals surface area contributed by atoms with Gasteiger partial charge in [0, 0.05) is 22.7 Å². The number of nitrogens with zero attached hydrogens (tertiary/aromatic N) is 5. The van der Waals surface area contributed by atoms with E-state index in [4.69, 9.17) is 48.0 Å². The molecule has 1 aliphatic heterocycles. The van der Waals surface area contributed by atoms with Gasteiger partial charge in [-0.25, -0.2) is 15.0 Å². The van der Waals surface area contributed by atoms with E-state index >= 15 is 0 Å². The Kier molecular flexibility index (Phi) is 7.31. The fraction of sp³-hybridized carbons (Fsp3) is 0.400. The summed E-state index contributed by atoms with van der Waals surface area (Å²) in [5, 5.41) is 10.3. The molecule has 4 aromatic rings. The number of fused-ring (bicyclic) bond motifs is 1. The second-order valence-electron chi connectivity index (χ2n) is 10.9. The molecule has 2 aromatic carbocycles. The number of carboxylic acid groups (broad SMARTS) is 1. The van der Waals surface area contributed by atoms with Gasteiger partial charge in [-0.1, -0.05) is 42.3 Å². The van der Waals surface area contributed by atoms with Gasteiger partial charge in [0.15, 0.2) is 17.0 Å². The number of rotatable bonds is 9. The fourth-order valence-electron chi connectivity index (χ4n) is 5.91. The summed E-state index contributed by atoms with van der Waals surface area (Å²) in [6.45, 7) is 3.43. The second-order valence-corrected chi connectivity index (χ2v) is 11.7. The minimum Gasteiger partial charge on any atom is -0.494 e. The zero-order valence-corrected chi connectivity index (χ0v) is 23.8. The van der Waals surface area contributed by atoms with Crippen LogP contribution in [0.3, 0.4) is 0 Å². The minimum absolute atomic E-state index is 0.187. The number of benzene rings is 2. The monoisotopic (exact) mass is 579 g/mol. The van der Waals surface area contributed by atoms with Crippen LogP contribution in [0.15, 0.2) is 48.8 Å². The molecule has 0 radical (unpaired) electrons. The number of imidazole rings is 1. The summed E-state index contributed by atoms with van der Waals surface area (Å²) < 4.78 is 7.88. The van der Waals surface area contributed by atoms with E-state index in [1.165, 1.54) is 25.7 Å². The van der Waals surface area contributed by atoms with Gasteiger partial charge >= 0.3 is 5.97 Å². The smallest absolute Gasteiger partial charge is 0.306 e. The molecular formula is C30H31Cl2N5O3. The lowest BCUT2D eigenvalue weighted by Gasteiger charge is -2.46. The summed E-state index contributed by atoms with van der Waals surface area (Å²) in [6.07, 6.45) is 8.01. The third-order valence-corrected chi connectivity index (χ3v) is 8.85. The average Bonchev–Trinajstić information content (AvgIpc) is 3.51. The standard InChI is InChI=1S/C30H31Cl2N5O3/c1-19(29(38)39)9-14-40-22-7-8-23(24(32)16-22)26-35-25-27(36(26)17-20-5-2-6-21(31)15-20)33-18-34-28(25)37-13-4-12-30(37)10-3-11-30/h2,5-8,15-16,18-19H,3-4,9-14,17H2,1H3,(H,38,39). The van der Waals surface area contributed by atoms with Crippen molar-refractivity contribution >= 4 is 46.2 Å². The Morgan fingerprint density at radius 2 is 1.95 bits per heavy atom. The highest BCUT2D eigenvalue weighted by Gasteiger charge is 2.47. The van der Waals surface area contributed by atoms with Crippen LogP contribution in [0.25, 0.3) is 22.6 Å². The fourth-order valence-corrected chi connectivity index (χ4v) is 6.38. The zero-order valence-electron chi connectivity index (χ0n) is 22.3. The third kappa shape index (κ3) is 4.99. The quantitative estimate of drug-likeness (QED) is 0.231. The molecule has 40 heavy (non-hydrogen) atoms. The number of hydrogen-bond donors (Lipinski definition) is 1. The van der Waals surface area contributed by atoms with Crippen LogP contribution in [-0.2, 0) is 11.3 Å². The summed E-state index contributed by atoms with van der Waals surface area (Å²) in [5.41, 5.74) is 3.48. The lowest BCUT2D eigenvalue weighted by atomic mass is 9.75. The number of carbonyl (C=O) groups is 1. The van der Waals surface area contributed by atoms with Crippen LogP contribution >= 0.6 is 23.2 Å². The van der Waals surface area contributed by atoms with E-state index < -0.39 is 11.9 Å². The number of halogens is 2. The summed E-state index contributed by atoms with van der Waals surface area (Å²) in [4.78, 5) is 28.2. The Hall–Kier alpha value is -3.36. The van der Waals surface area contributed by atoms with Crippen molar-refractivity contribution in [2.75, 3.05) is 18.1 Å². The first-order chi connectivity index (χ1) is 19.3. The van der Waals surface area contributed by atoms with Gasteiger partial charge in [-0.15, -0.1) is 0 Å². The number of aliphatic carboxylic acids is 1. The molecular weight excluding hydrogens is 549 g/mol. The van der Waals surface area contributed by atoms with Crippen molar-refractivity contribution < 1.29 is 14.6 Å². The largest absolute Gasteiger partial charge is 0.494 e. The highest BCUT2D eigenvalue weighted by atomic mass is 35.5. The van der Waals surface area contributed by atoms with Crippen LogP contribution in [0.1, 0.15) is 51.0 Å². The van der Waals surface area contributed by atoms with Crippen LogP contribution in [0.5, 0.6) is 5.75 Å². The molecule has 3 heterocycles. The Morgan fingerprint density at radius 3 is 2.67 bits per heavy atom. The molecule has 8 nitrogen and oxygen atoms in total. The van der Waals surface area contributed by atoms with Gasteiger partial charge in [0.2, 0.25) is 0 Å². The van der Waals surface area contributed by atoms with Crippen molar-refractivity contribution in [1.82, 2.24) is 19.5 Å². The highest BCUT2D eigenvalue weighted by molar-refractivity contribution is 6.33. The molecule has 1 atom stereocenters. The van der Waals surface area contributed by atoms with Crippen LogP contribution in [0.4, 0.5) is 5.82 Å². The second kappa shape index (κ2) is 10.9. The van der Waals surface area contributed by atoms with Crippen LogP contribution < -0.4 is 9.64 Å². The molecule has 1 unspecified atom stereocenters. The summed E-state index contributed by atoms with van der Waals surface area (Å²) in [5.74, 6) is 0.834. The van der Waals surface area contributed by atoms with E-state index in [1.807, 2.05) is 36.4 Å². The predicted octanol–water partition coefficient (Wildman–Crippen LogP) is 6.86. The van der Waals surface area contributed by atoms with E-state index in [0.717, 1.165) is 41.1 Å². The van der Waals surface area contributed by atoms with E-state index in [1.54, 1.807) is 19.3 Å². The first-order valence-electron chi connectivity index (χ1n) is 13.7. The van der Waals surface area contributed by atoms with E-state index in [-0.39, 0.29) is 12.1 Å². The molecule has 2 fully saturated rings. The third-order valence-electron chi connectivity index (χ3n) is 8.30. The molecule has 1 spiro atoms. The molecule has 6 rings (SSSR count). The Morgan fingerprint density at radius 1 is 1.12 bits per heavy atom. The van der Waals surface area contributed by atoms with Gasteiger partial charge in [0.1, 0.15) is 17.9 Å². The van der Waals surface area contributed by atoms with Crippen LogP contribution in [0, 0.1) is 5.92 Å². The van der Waals surface area contributed by atoms with Crippen molar-refractivity contribution in [3.05, 3.63) is 64.4 Å². The van der Waals surface area contributed by atoms with E-state index in [9.17, 15) is 4.79 Å². The molecule has 1 saturated carbocycles. The van der Waals surface area contributed by atoms with Crippen molar-refractivity contribution in [1.29, 1.82) is 0 Å². The first kappa shape index (κ1) is 26.8. The Balaban J connectivity index is 1.40. The predicted molar refractivity (Wildman–Crippen MR) is 156 cm³/mol. The van der Waals surface area contributed by atoms with Crippen molar-refractivity contribution in [2.45, 2.75) is 57.5 Å². The lowest BCUT2D eigenvalue weighted by molar-refractivity contribution is -0.141. The van der Waals surface area contributed by atoms with Crippen molar-refractivity contribution in [3.8, 4) is 17.1 Å². The van der Waals surface area contributed by atoms with Crippen molar-refractivity contribution in [3.63, 3.8) is 0 Å². The number of ether oxygens (including phenoxy) is 1. The van der Waals surface area contributed by atoms with Crippen molar-refractivity contribution in [2.24, 2.45) is 5.92 Å². The SMILES string of the molecule is CC(CCOc1ccc(-c2nc3c(N4CCCC45CCC5)ncnc3n2Cc2cccc(Cl)c2)c(Cl)c1)C(=O)O. The van der Waals surface area contributed by atoms with Gasteiger partial charge in [0.05, 0.1) is 24.1 Å². The molecule has 0 bridgehead atoms. The van der Waals surface area contributed by atoms with Gasteiger partial charge in [0.25, 0.3) is 0 Å². The maximum atomic E-state index is 11.1. The van der Waals surface area contributed by atoms with E-state index in [2.05, 4.69) is 9.47 Å². The molecule has 1 N–H and O–H groups in total. The number of carboxylic acids is 1. The normalized spacial score (nSPS) is 16.8. The average molecular weight is 581 g/mol. The first-order valence-corrected chi connectivity index (χ1v) is 14.5. The number of aromatic nitrogens is 4. The van der Waals surface area contributed by atoms with Crippen LogP contribution in [-0.4, -0.2) is 49.3 Å². The number of anilines is 1. The highest BCUT2D eigenvalue weighted by Crippen LogP contribution is 2.48. The van der Waals surface area contributed by atoms with Gasteiger partial charge in [-0.2, -0.15) is 0 Å². The van der Waals surface area contributed by atoms with Crippen LogP contribution in [0.2, 0.25) is 10.0 Å². The topological polar surface area (TPSA) is 93.4 Å². The van der Waals surface area contributed by atoms with Gasteiger partial charge < -0.3 is 19.3 Å². The molecule has 1 aliphatic carbocycles. The Bertz CT molecular complexity index is 1570. The summed E-state index contributed by atoms with van der Waals surface area (Å²) in [7, 11) is 0. The molecule has 10 heteroatoms. The lowest BCUT2D eigenvalue weighted by Crippen LogP contribution is -2.49. The molecule has 2 aliphatic rings. The van der Waals surface area contributed by atoms with Gasteiger partial charge in [-0.05, 0) is 74.4 Å². The molecule has 2 aromatic heterocycles.